The molecule has 0 saturated heterocycles. The molecule has 0 aliphatic rings. The molecule has 6 heteroatoms. The highest BCUT2D eigenvalue weighted by Gasteiger charge is 2.40. The van der Waals surface area contributed by atoms with E-state index in [9.17, 15) is 18.0 Å². The number of hydrogen-bond donors (Lipinski definition) is 1. The number of aryl methyl sites for hydroxylation is 1. The summed E-state index contributed by atoms with van der Waals surface area (Å²) in [6.07, 6.45) is -6.27. The Hall–Kier alpha value is -1.30. The summed E-state index contributed by atoms with van der Waals surface area (Å²) in [4.78, 5) is 11.4. The normalized spacial score (nSPS) is 13.9. The lowest BCUT2D eigenvalue weighted by atomic mass is 10.0. The van der Waals surface area contributed by atoms with Gasteiger partial charge in [-0.05, 0) is 19.4 Å². The van der Waals surface area contributed by atoms with Gasteiger partial charge in [0.1, 0.15) is 0 Å². The lowest BCUT2D eigenvalue weighted by Crippen LogP contribution is -2.27. The molecule has 1 aromatic heterocycles. The molecule has 0 amide bonds. The van der Waals surface area contributed by atoms with Gasteiger partial charge in [0.2, 0.25) is 0 Å². The number of nitrogens with zero attached hydrogens (tertiary/aromatic N) is 1. The van der Waals surface area contributed by atoms with E-state index in [1.165, 1.54) is 20.9 Å². The number of halogens is 3. The average molecular weight is 235 g/mol. The van der Waals surface area contributed by atoms with E-state index < -0.39 is 12.3 Å². The van der Waals surface area contributed by atoms with Crippen LogP contribution in [0.3, 0.4) is 0 Å². The second-order valence-electron chi connectivity index (χ2n) is 3.69. The first-order valence-corrected chi connectivity index (χ1v) is 4.57. The van der Waals surface area contributed by atoms with Crippen molar-refractivity contribution >= 4 is 0 Å². The second kappa shape index (κ2) is 3.93. The molecule has 1 heterocycles. The van der Waals surface area contributed by atoms with Gasteiger partial charge >= 0.3 is 6.18 Å². The minimum Gasteiger partial charge on any atom is -0.379 e. The van der Waals surface area contributed by atoms with Crippen LogP contribution < -0.4 is 5.56 Å². The number of pyridine rings is 1. The van der Waals surface area contributed by atoms with Crippen molar-refractivity contribution in [2.24, 2.45) is 7.05 Å². The third-order valence-corrected chi connectivity index (χ3v) is 2.57. The molecule has 0 saturated carbocycles. The van der Waals surface area contributed by atoms with Gasteiger partial charge in [-0.15, -0.1) is 0 Å². The lowest BCUT2D eigenvalue weighted by molar-refractivity contribution is -0.207. The molecular weight excluding hydrogens is 223 g/mol. The fourth-order valence-corrected chi connectivity index (χ4v) is 1.46. The molecule has 1 N–H and O–H groups in total. The van der Waals surface area contributed by atoms with Gasteiger partial charge < -0.3 is 9.67 Å². The Morgan fingerprint density at radius 2 is 1.81 bits per heavy atom. The molecule has 16 heavy (non-hydrogen) atoms. The Bertz CT molecular complexity index is 462. The number of alkyl halides is 3. The fraction of sp³-hybridized carbons (Fsp3) is 0.500. The van der Waals surface area contributed by atoms with Gasteiger partial charge in [0, 0.05) is 24.4 Å². The Balaban J connectivity index is 3.42. The SMILES string of the molecule is Cc1c(C(O)C(F)(F)F)cn(C)c(=O)c1C. The van der Waals surface area contributed by atoms with Crippen LogP contribution in [0.5, 0.6) is 0 Å². The zero-order valence-electron chi connectivity index (χ0n) is 9.09. The van der Waals surface area contributed by atoms with Gasteiger partial charge in [0.25, 0.3) is 5.56 Å². The maximum absolute atomic E-state index is 12.3. The molecule has 1 aromatic rings. The molecule has 0 fully saturated rings. The molecular formula is C10H12F3NO2. The molecule has 0 bridgehead atoms. The van der Waals surface area contributed by atoms with Gasteiger partial charge in [-0.1, -0.05) is 0 Å². The zero-order valence-corrected chi connectivity index (χ0v) is 9.09. The Morgan fingerprint density at radius 3 is 2.25 bits per heavy atom. The van der Waals surface area contributed by atoms with Crippen LogP contribution in [-0.2, 0) is 7.05 Å². The summed E-state index contributed by atoms with van der Waals surface area (Å²) in [6, 6.07) is 0. The number of hydrogen-bond acceptors (Lipinski definition) is 2. The lowest BCUT2D eigenvalue weighted by Gasteiger charge is -2.18. The highest BCUT2D eigenvalue weighted by Crippen LogP contribution is 2.33. The predicted molar refractivity (Wildman–Crippen MR) is 52.2 cm³/mol. The molecule has 1 unspecified atom stereocenters. The van der Waals surface area contributed by atoms with Crippen LogP contribution >= 0.6 is 0 Å². The van der Waals surface area contributed by atoms with Crippen molar-refractivity contribution in [3.05, 3.63) is 33.2 Å². The van der Waals surface area contributed by atoms with E-state index in [2.05, 4.69) is 0 Å². The van der Waals surface area contributed by atoms with Crippen molar-refractivity contribution < 1.29 is 18.3 Å². The first kappa shape index (κ1) is 12.8. The van der Waals surface area contributed by atoms with Crippen LogP contribution in [0.15, 0.2) is 11.0 Å². The molecule has 3 nitrogen and oxygen atoms in total. The van der Waals surface area contributed by atoms with E-state index in [1.807, 2.05) is 0 Å². The average Bonchev–Trinajstić information content (AvgIpc) is 2.18. The predicted octanol–water partition coefficient (Wildman–Crippen LogP) is 1.60. The first-order valence-electron chi connectivity index (χ1n) is 4.57. The van der Waals surface area contributed by atoms with Crippen LogP contribution in [0.25, 0.3) is 0 Å². The minimum atomic E-state index is -4.73. The van der Waals surface area contributed by atoms with Gasteiger partial charge in [-0.2, -0.15) is 13.2 Å². The largest absolute Gasteiger partial charge is 0.418 e. The summed E-state index contributed by atoms with van der Waals surface area (Å²) in [5, 5.41) is 9.14. The molecule has 90 valence electrons. The van der Waals surface area contributed by atoms with E-state index in [4.69, 9.17) is 5.11 Å². The highest BCUT2D eigenvalue weighted by atomic mass is 19.4. The third-order valence-electron chi connectivity index (χ3n) is 2.57. The smallest absolute Gasteiger partial charge is 0.379 e. The summed E-state index contributed by atoms with van der Waals surface area (Å²) >= 11 is 0. The molecule has 1 atom stereocenters. The molecule has 0 radical (unpaired) electrons. The number of aliphatic hydroxyl groups excluding tert-OH is 1. The molecule has 0 aliphatic heterocycles. The van der Waals surface area contributed by atoms with Crippen LogP contribution in [0.1, 0.15) is 22.8 Å². The van der Waals surface area contributed by atoms with E-state index in [-0.39, 0.29) is 22.2 Å². The Kier molecular flexibility index (Phi) is 3.14. The van der Waals surface area contributed by atoms with Crippen molar-refractivity contribution in [1.29, 1.82) is 0 Å². The summed E-state index contributed by atoms with van der Waals surface area (Å²) in [6.45, 7) is 2.82. The van der Waals surface area contributed by atoms with E-state index >= 15 is 0 Å². The number of aliphatic hydroxyl groups is 1. The molecule has 1 rings (SSSR count). The quantitative estimate of drug-likeness (QED) is 0.803. The molecule has 0 spiro atoms. The molecule has 0 aromatic carbocycles. The Morgan fingerprint density at radius 1 is 1.31 bits per heavy atom. The summed E-state index contributed by atoms with van der Waals surface area (Å²) in [5.41, 5.74) is -0.265. The maximum atomic E-state index is 12.3. The summed E-state index contributed by atoms with van der Waals surface area (Å²) in [7, 11) is 1.35. The monoisotopic (exact) mass is 235 g/mol. The van der Waals surface area contributed by atoms with Gasteiger partial charge in [0.15, 0.2) is 6.10 Å². The Labute approximate surface area is 90.1 Å². The second-order valence-corrected chi connectivity index (χ2v) is 3.69. The van der Waals surface area contributed by atoms with Crippen molar-refractivity contribution in [2.75, 3.05) is 0 Å². The summed E-state index contributed by atoms with van der Waals surface area (Å²) < 4.78 is 38.1. The number of rotatable bonds is 1. The zero-order chi connectivity index (χ0) is 12.7. The fourth-order valence-electron chi connectivity index (χ4n) is 1.46. The highest BCUT2D eigenvalue weighted by molar-refractivity contribution is 5.32. The van der Waals surface area contributed by atoms with Crippen molar-refractivity contribution in [3.63, 3.8) is 0 Å². The van der Waals surface area contributed by atoms with E-state index in [0.29, 0.717) is 0 Å². The topological polar surface area (TPSA) is 42.2 Å². The standard InChI is InChI=1S/C10H12F3NO2/c1-5-6(2)9(16)14(3)4-7(5)8(15)10(11,12)13/h4,8,15H,1-3H3. The van der Waals surface area contributed by atoms with Gasteiger partial charge in [-0.25, -0.2) is 0 Å². The summed E-state index contributed by atoms with van der Waals surface area (Å²) in [5.74, 6) is 0. The van der Waals surface area contributed by atoms with E-state index in [1.54, 1.807) is 0 Å². The van der Waals surface area contributed by atoms with Crippen molar-refractivity contribution in [3.8, 4) is 0 Å². The van der Waals surface area contributed by atoms with Crippen molar-refractivity contribution in [1.82, 2.24) is 4.57 Å². The van der Waals surface area contributed by atoms with Gasteiger partial charge in [-0.3, -0.25) is 4.79 Å². The van der Waals surface area contributed by atoms with Crippen molar-refractivity contribution in [2.45, 2.75) is 26.1 Å². The third kappa shape index (κ3) is 2.11. The minimum absolute atomic E-state index is 0.174. The van der Waals surface area contributed by atoms with Crippen LogP contribution in [0, 0.1) is 13.8 Å². The molecule has 0 aliphatic carbocycles. The number of aromatic nitrogens is 1. The van der Waals surface area contributed by atoms with Crippen LogP contribution in [0.2, 0.25) is 0 Å². The van der Waals surface area contributed by atoms with Gasteiger partial charge in [0.05, 0.1) is 0 Å². The first-order chi connectivity index (χ1) is 7.16. The van der Waals surface area contributed by atoms with Crippen LogP contribution in [0.4, 0.5) is 13.2 Å². The maximum Gasteiger partial charge on any atom is 0.418 e. The van der Waals surface area contributed by atoms with Crippen LogP contribution in [-0.4, -0.2) is 15.8 Å². The van der Waals surface area contributed by atoms with E-state index in [0.717, 1.165) is 10.8 Å².